The maximum atomic E-state index is 9.97. The molecule has 8 heteroatoms. The lowest BCUT2D eigenvalue weighted by Gasteiger charge is -1.95. The molecule has 0 heterocycles. The molecule has 0 aromatic carbocycles. The molecule has 6 N–H and O–H groups in total. The Bertz CT molecular complexity index is 180. The highest BCUT2D eigenvalue weighted by molar-refractivity contribution is 7.88. The molecule has 0 aliphatic rings. The lowest BCUT2D eigenvalue weighted by molar-refractivity contribution is 0.205. The van der Waals surface area contributed by atoms with Crippen molar-refractivity contribution in [3.63, 3.8) is 0 Å². The van der Waals surface area contributed by atoms with Crippen LogP contribution in [0, 0.1) is 0 Å². The third-order valence-corrected chi connectivity index (χ3v) is 1.56. The average molecular weight is 171 g/mol. The minimum atomic E-state index is -5.00. The van der Waals surface area contributed by atoms with Gasteiger partial charge < -0.3 is 21.3 Å². The first-order valence-corrected chi connectivity index (χ1v) is 3.34. The predicted octanol–water partition coefficient (Wildman–Crippen LogP) is 0.775. The Kier molecular flexibility index (Phi) is 3.91. The number of rotatable bonds is 2. The van der Waals surface area contributed by atoms with E-state index in [4.69, 9.17) is 15.1 Å². The second-order valence-electron chi connectivity index (χ2n) is 1.14. The summed E-state index contributed by atoms with van der Waals surface area (Å²) >= 11 is 0. The van der Waals surface area contributed by atoms with Crippen LogP contribution in [-0.4, -0.2) is 26.5 Å². The van der Waals surface area contributed by atoms with E-state index < -0.39 is 18.8 Å². The lowest BCUT2D eigenvalue weighted by Crippen LogP contribution is -2.03. The number of hydrogen-bond acceptors (Lipinski definition) is 4. The molecule has 7 nitrogen and oxygen atoms in total. The SMILES string of the molecule is N.O=C(O)P(=O)(O)C(=O)O. The quantitative estimate of drug-likeness (QED) is 0.448. The third-order valence-electron chi connectivity index (χ3n) is 0.519. The van der Waals surface area contributed by atoms with Crippen LogP contribution in [0.25, 0.3) is 0 Å². The molecule has 0 aliphatic heterocycles. The van der Waals surface area contributed by atoms with Crippen LogP contribution in [0.4, 0.5) is 9.59 Å². The van der Waals surface area contributed by atoms with Crippen LogP contribution in [0.15, 0.2) is 0 Å². The average Bonchev–Trinajstić information content (AvgIpc) is 1.65. The zero-order chi connectivity index (χ0) is 7.65. The van der Waals surface area contributed by atoms with Gasteiger partial charge in [0.25, 0.3) is 0 Å². The molecular formula is C2H6NO6P. The molecule has 0 amide bonds. The maximum Gasteiger partial charge on any atom is 0.410 e. The predicted molar refractivity (Wildman–Crippen MR) is 30.9 cm³/mol. The fourth-order valence-electron chi connectivity index (χ4n) is 0.0818. The van der Waals surface area contributed by atoms with Gasteiger partial charge in [-0.25, -0.2) is 9.59 Å². The molecule has 0 fully saturated rings. The smallest absolute Gasteiger partial charge is 0.410 e. The van der Waals surface area contributed by atoms with E-state index in [1.165, 1.54) is 0 Å². The minimum Gasteiger partial charge on any atom is -0.474 e. The molecule has 0 saturated carbocycles. The summed E-state index contributed by atoms with van der Waals surface area (Å²) in [5, 5.41) is 15.4. The summed E-state index contributed by atoms with van der Waals surface area (Å²) < 4.78 is 9.97. The summed E-state index contributed by atoms with van der Waals surface area (Å²) in [7, 11) is -5.00. The Morgan fingerprint density at radius 1 is 1.10 bits per heavy atom. The zero-order valence-electron chi connectivity index (χ0n) is 4.72. The van der Waals surface area contributed by atoms with E-state index in [1.54, 1.807) is 0 Å². The molecule has 0 aromatic heterocycles. The van der Waals surface area contributed by atoms with Crippen molar-refractivity contribution in [2.45, 2.75) is 0 Å². The summed E-state index contributed by atoms with van der Waals surface area (Å²) in [6, 6.07) is 0. The first-order valence-electron chi connectivity index (χ1n) is 1.69. The number of carbonyl (C=O) groups is 2. The van der Waals surface area contributed by atoms with E-state index in [0.29, 0.717) is 0 Å². The molecule has 0 atom stereocenters. The normalized spacial score (nSPS) is 9.70. The van der Waals surface area contributed by atoms with E-state index in [9.17, 15) is 14.2 Å². The summed E-state index contributed by atoms with van der Waals surface area (Å²) in [5.74, 6) is 0. The largest absolute Gasteiger partial charge is 0.474 e. The van der Waals surface area contributed by atoms with Crippen molar-refractivity contribution in [3.8, 4) is 0 Å². The van der Waals surface area contributed by atoms with Crippen LogP contribution < -0.4 is 6.15 Å². The monoisotopic (exact) mass is 171 g/mol. The van der Waals surface area contributed by atoms with E-state index in [-0.39, 0.29) is 6.15 Å². The second-order valence-corrected chi connectivity index (χ2v) is 3.06. The Hall–Kier alpha value is -0.910. The standard InChI is InChI=1S/C2H3O6P.H3N/c3-1(4)9(7,8)2(5)6;/h(H,3,4)(H,5,6)(H,7,8);1H3. The van der Waals surface area contributed by atoms with Gasteiger partial charge in [0.15, 0.2) is 0 Å². The molecule has 0 rings (SSSR count). The van der Waals surface area contributed by atoms with Crippen molar-refractivity contribution in [1.29, 1.82) is 0 Å². The van der Waals surface area contributed by atoms with Crippen molar-refractivity contribution in [1.82, 2.24) is 6.15 Å². The third kappa shape index (κ3) is 2.14. The summed E-state index contributed by atoms with van der Waals surface area (Å²) in [6.07, 6.45) is 0. The first-order chi connectivity index (χ1) is 3.89. The molecule has 0 radical (unpaired) electrons. The van der Waals surface area contributed by atoms with Crippen LogP contribution in [0.5, 0.6) is 0 Å². The molecular weight excluding hydrogens is 165 g/mol. The number of carboxylic acid groups (broad SMARTS) is 2. The Labute approximate surface area is 55.3 Å². The van der Waals surface area contributed by atoms with Gasteiger partial charge in [-0.05, 0) is 0 Å². The molecule has 0 bridgehead atoms. The van der Waals surface area contributed by atoms with Crippen LogP contribution >= 0.6 is 7.37 Å². The van der Waals surface area contributed by atoms with E-state index >= 15 is 0 Å². The van der Waals surface area contributed by atoms with Crippen LogP contribution in [0.3, 0.4) is 0 Å². The Morgan fingerprint density at radius 2 is 1.30 bits per heavy atom. The van der Waals surface area contributed by atoms with Crippen molar-refractivity contribution in [2.75, 3.05) is 0 Å². The molecule has 60 valence electrons. The fourth-order valence-corrected chi connectivity index (χ4v) is 0.245. The van der Waals surface area contributed by atoms with Gasteiger partial charge in [-0.15, -0.1) is 0 Å². The highest BCUT2D eigenvalue weighted by Gasteiger charge is 2.37. The van der Waals surface area contributed by atoms with Crippen LogP contribution in [0.2, 0.25) is 0 Å². The molecule has 0 aromatic rings. The van der Waals surface area contributed by atoms with Gasteiger partial charge >= 0.3 is 18.8 Å². The first kappa shape index (κ1) is 11.8. The van der Waals surface area contributed by atoms with Crippen molar-refractivity contribution in [2.24, 2.45) is 0 Å². The van der Waals surface area contributed by atoms with Gasteiger partial charge in [0.1, 0.15) is 0 Å². The highest BCUT2D eigenvalue weighted by atomic mass is 31.2. The molecule has 0 unspecified atom stereocenters. The summed E-state index contributed by atoms with van der Waals surface area (Å²) in [6.45, 7) is 0. The van der Waals surface area contributed by atoms with E-state index in [2.05, 4.69) is 0 Å². The minimum absolute atomic E-state index is 0. The summed E-state index contributed by atoms with van der Waals surface area (Å²) in [5.41, 5.74) is -4.43. The van der Waals surface area contributed by atoms with Gasteiger partial charge in [0.2, 0.25) is 0 Å². The van der Waals surface area contributed by atoms with E-state index in [1.807, 2.05) is 0 Å². The van der Waals surface area contributed by atoms with Gasteiger partial charge in [-0.3, -0.25) is 4.57 Å². The lowest BCUT2D eigenvalue weighted by atomic mass is 11.6. The van der Waals surface area contributed by atoms with Gasteiger partial charge in [-0.2, -0.15) is 0 Å². The van der Waals surface area contributed by atoms with Crippen molar-refractivity contribution in [3.05, 3.63) is 0 Å². The Balaban J connectivity index is 0. The van der Waals surface area contributed by atoms with Crippen molar-refractivity contribution < 1.29 is 29.3 Å². The fraction of sp³-hybridized carbons (Fsp3) is 0. The highest BCUT2D eigenvalue weighted by Crippen LogP contribution is 2.41. The molecule has 0 saturated heterocycles. The van der Waals surface area contributed by atoms with E-state index in [0.717, 1.165) is 0 Å². The van der Waals surface area contributed by atoms with Gasteiger partial charge in [0.05, 0.1) is 0 Å². The molecule has 0 spiro atoms. The van der Waals surface area contributed by atoms with Crippen LogP contribution in [0.1, 0.15) is 0 Å². The van der Waals surface area contributed by atoms with Gasteiger partial charge in [-0.1, -0.05) is 0 Å². The molecule has 0 aliphatic carbocycles. The second kappa shape index (κ2) is 3.31. The number of hydrogen-bond donors (Lipinski definition) is 4. The topological polar surface area (TPSA) is 147 Å². The van der Waals surface area contributed by atoms with Gasteiger partial charge in [0, 0.05) is 0 Å². The molecule has 10 heavy (non-hydrogen) atoms. The van der Waals surface area contributed by atoms with Crippen molar-refractivity contribution >= 4 is 18.8 Å². The maximum absolute atomic E-state index is 9.97. The zero-order valence-corrected chi connectivity index (χ0v) is 5.62. The Morgan fingerprint density at radius 3 is 1.30 bits per heavy atom. The van der Waals surface area contributed by atoms with Crippen LogP contribution in [-0.2, 0) is 4.57 Å². The summed E-state index contributed by atoms with van der Waals surface area (Å²) in [4.78, 5) is 27.2.